The van der Waals surface area contributed by atoms with Crippen molar-refractivity contribution in [2.75, 3.05) is 19.3 Å². The molecule has 23 heavy (non-hydrogen) atoms. The molecule has 8 heteroatoms. The average Bonchev–Trinajstić information content (AvgIpc) is 3.12. The van der Waals surface area contributed by atoms with Gasteiger partial charge in [0.25, 0.3) is 5.91 Å². The van der Waals surface area contributed by atoms with Crippen LogP contribution < -0.4 is 5.73 Å². The molecular weight excluding hydrogens is 362 g/mol. The number of hydrogen-bond acceptors (Lipinski definition) is 5. The first-order chi connectivity index (χ1) is 11.0. The highest BCUT2D eigenvalue weighted by Gasteiger charge is 2.17. The maximum absolute atomic E-state index is 12.3. The number of anilines is 1. The standard InChI is InChI=1S/C15H12BrN5O2/c1-3-6-20(2)15(22)9-7-12(17)21-13(8-9)18-14(19-21)10-4-5-11(16)23-10/h1,4-5,7-8H,6,17H2,2H3. The van der Waals surface area contributed by atoms with Gasteiger partial charge in [0.1, 0.15) is 5.82 Å². The highest BCUT2D eigenvalue weighted by molar-refractivity contribution is 9.10. The Kier molecular flexibility index (Phi) is 3.80. The zero-order valence-corrected chi connectivity index (χ0v) is 13.7. The average molecular weight is 374 g/mol. The lowest BCUT2D eigenvalue weighted by molar-refractivity contribution is 0.0812. The molecule has 0 aliphatic rings. The van der Waals surface area contributed by atoms with E-state index in [1.807, 2.05) is 0 Å². The van der Waals surface area contributed by atoms with E-state index in [1.165, 1.54) is 9.42 Å². The molecule has 3 aromatic heterocycles. The number of pyridine rings is 1. The molecule has 0 fully saturated rings. The van der Waals surface area contributed by atoms with Crippen molar-refractivity contribution in [3.63, 3.8) is 0 Å². The van der Waals surface area contributed by atoms with Crippen molar-refractivity contribution < 1.29 is 9.21 Å². The number of halogens is 1. The smallest absolute Gasteiger partial charge is 0.254 e. The van der Waals surface area contributed by atoms with Crippen molar-refractivity contribution in [3.05, 3.63) is 34.5 Å². The topological polar surface area (TPSA) is 89.7 Å². The molecule has 0 saturated carbocycles. The summed E-state index contributed by atoms with van der Waals surface area (Å²) < 4.78 is 7.45. The highest BCUT2D eigenvalue weighted by Crippen LogP contribution is 2.24. The summed E-state index contributed by atoms with van der Waals surface area (Å²) in [6.45, 7) is 0.211. The molecule has 7 nitrogen and oxygen atoms in total. The van der Waals surface area contributed by atoms with E-state index >= 15 is 0 Å². The number of nitrogens with two attached hydrogens (primary N) is 1. The van der Waals surface area contributed by atoms with Gasteiger partial charge < -0.3 is 15.1 Å². The number of hydrogen-bond donors (Lipinski definition) is 1. The summed E-state index contributed by atoms with van der Waals surface area (Å²) in [5, 5.41) is 4.29. The predicted octanol–water partition coefficient (Wildman–Crippen LogP) is 2.04. The quantitative estimate of drug-likeness (QED) is 0.709. The number of aromatic nitrogens is 3. The largest absolute Gasteiger partial charge is 0.446 e. The van der Waals surface area contributed by atoms with Gasteiger partial charge in [0, 0.05) is 12.6 Å². The summed E-state index contributed by atoms with van der Waals surface area (Å²) in [6, 6.07) is 6.63. The first kappa shape index (κ1) is 15.1. The molecule has 0 radical (unpaired) electrons. The van der Waals surface area contributed by atoms with Gasteiger partial charge in [0.05, 0.1) is 6.54 Å². The van der Waals surface area contributed by atoms with Gasteiger partial charge in [0.15, 0.2) is 16.1 Å². The fourth-order valence-corrected chi connectivity index (χ4v) is 2.41. The van der Waals surface area contributed by atoms with Gasteiger partial charge in [0.2, 0.25) is 5.82 Å². The second kappa shape index (κ2) is 5.78. The predicted molar refractivity (Wildman–Crippen MR) is 88.6 cm³/mol. The second-order valence-electron chi connectivity index (χ2n) is 4.84. The van der Waals surface area contributed by atoms with Gasteiger partial charge in [-0.3, -0.25) is 4.79 Å². The van der Waals surface area contributed by atoms with E-state index in [9.17, 15) is 4.79 Å². The molecule has 0 atom stereocenters. The molecule has 0 aliphatic heterocycles. The molecule has 0 aliphatic carbocycles. The van der Waals surface area contributed by atoms with E-state index < -0.39 is 0 Å². The summed E-state index contributed by atoms with van der Waals surface area (Å²) in [7, 11) is 1.62. The van der Waals surface area contributed by atoms with E-state index in [2.05, 4.69) is 31.9 Å². The van der Waals surface area contributed by atoms with Crippen LogP contribution in [0.15, 0.2) is 33.4 Å². The maximum atomic E-state index is 12.3. The molecule has 1 amide bonds. The lowest BCUT2D eigenvalue weighted by Gasteiger charge is -2.14. The molecule has 3 rings (SSSR count). The number of carbonyl (C=O) groups is 1. The number of nitrogen functional groups attached to an aromatic ring is 1. The summed E-state index contributed by atoms with van der Waals surface area (Å²) in [4.78, 5) is 18.1. The van der Waals surface area contributed by atoms with Crippen LogP contribution in [0.3, 0.4) is 0 Å². The van der Waals surface area contributed by atoms with Crippen molar-refractivity contribution in [2.24, 2.45) is 0 Å². The molecule has 0 unspecified atom stereocenters. The molecule has 0 bridgehead atoms. The van der Waals surface area contributed by atoms with Crippen LogP contribution in [0.5, 0.6) is 0 Å². The number of terminal acetylenes is 1. The minimum Gasteiger partial charge on any atom is -0.446 e. The number of furan rings is 1. The second-order valence-corrected chi connectivity index (χ2v) is 5.62. The minimum atomic E-state index is -0.234. The van der Waals surface area contributed by atoms with Gasteiger partial charge in [-0.25, -0.2) is 4.98 Å². The van der Waals surface area contributed by atoms with Crippen LogP contribution in [0.4, 0.5) is 5.82 Å². The van der Waals surface area contributed by atoms with Crippen molar-refractivity contribution >= 4 is 33.3 Å². The monoisotopic (exact) mass is 373 g/mol. The SMILES string of the molecule is C#CCN(C)C(=O)c1cc(N)n2nc(-c3ccc(Br)o3)nc2c1. The van der Waals surface area contributed by atoms with Crippen LogP contribution in [0.1, 0.15) is 10.4 Å². The molecular formula is C15H12BrN5O2. The van der Waals surface area contributed by atoms with Gasteiger partial charge in [-0.2, -0.15) is 4.52 Å². The molecule has 116 valence electrons. The number of fused-ring (bicyclic) bond motifs is 1. The molecule has 2 N–H and O–H groups in total. The van der Waals surface area contributed by atoms with Gasteiger partial charge in [-0.05, 0) is 40.2 Å². The third kappa shape index (κ3) is 2.78. The Morgan fingerprint density at radius 1 is 1.52 bits per heavy atom. The summed E-state index contributed by atoms with van der Waals surface area (Å²) in [5.41, 5.74) is 6.82. The van der Waals surface area contributed by atoms with E-state index in [0.29, 0.717) is 33.3 Å². The fraction of sp³-hybridized carbons (Fsp3) is 0.133. The van der Waals surface area contributed by atoms with Crippen LogP contribution in [-0.4, -0.2) is 39.0 Å². The lowest BCUT2D eigenvalue weighted by Crippen LogP contribution is -2.27. The van der Waals surface area contributed by atoms with E-state index in [4.69, 9.17) is 16.6 Å². The normalized spacial score (nSPS) is 10.7. The van der Waals surface area contributed by atoms with Crippen LogP contribution in [0.2, 0.25) is 0 Å². The van der Waals surface area contributed by atoms with Crippen LogP contribution >= 0.6 is 15.9 Å². The lowest BCUT2D eigenvalue weighted by atomic mass is 10.2. The van der Waals surface area contributed by atoms with Gasteiger partial charge in [-0.15, -0.1) is 11.5 Å². The van der Waals surface area contributed by atoms with Crippen LogP contribution in [-0.2, 0) is 0 Å². The highest BCUT2D eigenvalue weighted by atomic mass is 79.9. The van der Waals surface area contributed by atoms with E-state index in [0.717, 1.165) is 0 Å². The third-order valence-corrected chi connectivity index (χ3v) is 3.61. The summed E-state index contributed by atoms with van der Waals surface area (Å²) in [5.74, 6) is 3.36. The Labute approximate surface area is 140 Å². The molecule has 0 saturated heterocycles. The van der Waals surface area contributed by atoms with Crippen molar-refractivity contribution in [1.82, 2.24) is 19.5 Å². The zero-order valence-electron chi connectivity index (χ0n) is 12.2. The van der Waals surface area contributed by atoms with Gasteiger partial charge >= 0.3 is 0 Å². The van der Waals surface area contributed by atoms with Crippen molar-refractivity contribution in [1.29, 1.82) is 0 Å². The number of rotatable bonds is 3. The molecule has 3 heterocycles. The van der Waals surface area contributed by atoms with Gasteiger partial charge in [-0.1, -0.05) is 5.92 Å². The van der Waals surface area contributed by atoms with Crippen LogP contribution in [0.25, 0.3) is 17.2 Å². The Hall–Kier alpha value is -2.79. The Bertz CT molecular complexity index is 937. The molecule has 0 spiro atoms. The van der Waals surface area contributed by atoms with E-state index in [-0.39, 0.29) is 12.5 Å². The maximum Gasteiger partial charge on any atom is 0.254 e. The fourth-order valence-electron chi connectivity index (χ4n) is 2.10. The minimum absolute atomic E-state index is 0.211. The number of nitrogens with zero attached hydrogens (tertiary/aromatic N) is 4. The Morgan fingerprint density at radius 2 is 2.30 bits per heavy atom. The molecule has 3 aromatic rings. The van der Waals surface area contributed by atoms with Crippen LogP contribution in [0, 0.1) is 12.3 Å². The number of amides is 1. The summed E-state index contributed by atoms with van der Waals surface area (Å²) in [6.07, 6.45) is 5.23. The molecule has 0 aromatic carbocycles. The third-order valence-electron chi connectivity index (χ3n) is 3.18. The first-order valence-corrected chi connectivity index (χ1v) is 7.40. The zero-order chi connectivity index (χ0) is 16.6. The Balaban J connectivity index is 2.05. The van der Waals surface area contributed by atoms with Crippen molar-refractivity contribution in [3.8, 4) is 23.9 Å². The van der Waals surface area contributed by atoms with E-state index in [1.54, 1.807) is 31.3 Å². The van der Waals surface area contributed by atoms with Crippen molar-refractivity contribution in [2.45, 2.75) is 0 Å². The number of carbonyl (C=O) groups excluding carboxylic acids is 1. The first-order valence-electron chi connectivity index (χ1n) is 6.60. The Morgan fingerprint density at radius 3 is 2.96 bits per heavy atom. The summed E-state index contributed by atoms with van der Waals surface area (Å²) >= 11 is 3.23.